The quantitative estimate of drug-likeness (QED) is 0.717. The van der Waals surface area contributed by atoms with Crippen LogP contribution in [0.4, 0.5) is 0 Å². The minimum atomic E-state index is -0.543. The summed E-state index contributed by atoms with van der Waals surface area (Å²) in [4.78, 5) is 12.5. The molecule has 1 aliphatic carbocycles. The number of thiocarbonyl (C=S) groups is 1. The zero-order chi connectivity index (χ0) is 13.1. The third-order valence-corrected chi connectivity index (χ3v) is 4.33. The van der Waals surface area contributed by atoms with Gasteiger partial charge < -0.3 is 11.1 Å². The molecule has 0 heterocycles. The molecule has 1 saturated carbocycles. The second kappa shape index (κ2) is 5.80. The fraction of sp³-hybridized carbons (Fsp3) is 0.846. The van der Waals surface area contributed by atoms with E-state index in [1.807, 2.05) is 0 Å². The zero-order valence-corrected chi connectivity index (χ0v) is 11.9. The van der Waals surface area contributed by atoms with E-state index in [9.17, 15) is 4.79 Å². The molecule has 1 amide bonds. The second-order valence-corrected chi connectivity index (χ2v) is 5.86. The largest absolute Gasteiger partial charge is 0.392 e. The molecular formula is C13H24N2OS. The van der Waals surface area contributed by atoms with Crippen molar-refractivity contribution >= 4 is 23.1 Å². The highest BCUT2D eigenvalue weighted by molar-refractivity contribution is 7.80. The Morgan fingerprint density at radius 2 is 2.06 bits per heavy atom. The summed E-state index contributed by atoms with van der Waals surface area (Å²) < 4.78 is 0. The Kier molecular flexibility index (Phi) is 4.92. The lowest BCUT2D eigenvalue weighted by atomic mass is 9.68. The third-order valence-electron chi connectivity index (χ3n) is 3.94. The van der Waals surface area contributed by atoms with Gasteiger partial charge in [-0.05, 0) is 32.1 Å². The summed E-state index contributed by atoms with van der Waals surface area (Å²) in [6.45, 7) is 6.42. The molecule has 1 rings (SSSR count). The highest BCUT2D eigenvalue weighted by Crippen LogP contribution is 2.41. The maximum atomic E-state index is 12.2. The smallest absolute Gasteiger partial charge is 0.233 e. The first kappa shape index (κ1) is 14.4. The average Bonchev–Trinajstić information content (AvgIpc) is 2.14. The van der Waals surface area contributed by atoms with Gasteiger partial charge in [0, 0.05) is 6.04 Å². The van der Waals surface area contributed by atoms with E-state index in [1.54, 1.807) is 0 Å². The molecule has 2 unspecified atom stereocenters. The lowest BCUT2D eigenvalue weighted by Gasteiger charge is -2.40. The number of carbonyl (C=O) groups is 1. The van der Waals surface area contributed by atoms with Gasteiger partial charge in [-0.1, -0.05) is 38.9 Å². The summed E-state index contributed by atoms with van der Waals surface area (Å²) in [5.74, 6) is 0.666. The van der Waals surface area contributed by atoms with Gasteiger partial charge in [0.15, 0.2) is 0 Å². The van der Waals surface area contributed by atoms with Crippen LogP contribution in [-0.4, -0.2) is 16.9 Å². The topological polar surface area (TPSA) is 55.1 Å². The van der Waals surface area contributed by atoms with Crippen LogP contribution in [0.2, 0.25) is 0 Å². The Labute approximate surface area is 110 Å². The first-order valence-electron chi connectivity index (χ1n) is 6.53. The monoisotopic (exact) mass is 256 g/mol. The Morgan fingerprint density at radius 3 is 2.41 bits per heavy atom. The van der Waals surface area contributed by atoms with Crippen LogP contribution in [0.5, 0.6) is 0 Å². The van der Waals surface area contributed by atoms with E-state index in [4.69, 9.17) is 18.0 Å². The van der Waals surface area contributed by atoms with Gasteiger partial charge in [0.2, 0.25) is 5.91 Å². The molecule has 2 atom stereocenters. The van der Waals surface area contributed by atoms with Crippen LogP contribution in [0.15, 0.2) is 0 Å². The minimum absolute atomic E-state index is 0.0343. The maximum absolute atomic E-state index is 12.2. The molecule has 17 heavy (non-hydrogen) atoms. The number of rotatable bonds is 6. The fourth-order valence-corrected chi connectivity index (χ4v) is 2.60. The van der Waals surface area contributed by atoms with Crippen LogP contribution in [0.25, 0.3) is 0 Å². The molecule has 0 aromatic rings. The van der Waals surface area contributed by atoms with Gasteiger partial charge >= 0.3 is 0 Å². The Hall–Kier alpha value is -0.640. The molecule has 0 spiro atoms. The van der Waals surface area contributed by atoms with Crippen molar-refractivity contribution in [3.05, 3.63) is 0 Å². The summed E-state index contributed by atoms with van der Waals surface area (Å²) in [6, 6.07) is 0.198. The van der Waals surface area contributed by atoms with E-state index in [0.717, 1.165) is 32.1 Å². The second-order valence-electron chi connectivity index (χ2n) is 5.42. The molecule has 98 valence electrons. The maximum Gasteiger partial charge on any atom is 0.233 e. The average molecular weight is 256 g/mol. The lowest BCUT2D eigenvalue weighted by molar-refractivity contribution is -0.131. The van der Waals surface area contributed by atoms with Crippen molar-refractivity contribution in [2.24, 2.45) is 17.1 Å². The molecule has 1 fully saturated rings. The molecule has 0 saturated heterocycles. The van der Waals surface area contributed by atoms with Crippen LogP contribution in [-0.2, 0) is 4.79 Å². The Bertz CT molecular complexity index is 300. The van der Waals surface area contributed by atoms with Gasteiger partial charge in [0.05, 0.1) is 10.4 Å². The number of amides is 1. The fourth-order valence-electron chi connectivity index (χ4n) is 2.31. The SMILES string of the molecule is CCC(C)CC(C)NC(=O)C1(C(N)=S)CCC1. The van der Waals surface area contributed by atoms with Gasteiger partial charge in [0.1, 0.15) is 0 Å². The van der Waals surface area contributed by atoms with Crippen molar-refractivity contribution in [1.82, 2.24) is 5.32 Å². The molecule has 0 bridgehead atoms. The molecule has 4 heteroatoms. The minimum Gasteiger partial charge on any atom is -0.392 e. The van der Waals surface area contributed by atoms with Crippen LogP contribution >= 0.6 is 12.2 Å². The van der Waals surface area contributed by atoms with Gasteiger partial charge in [-0.25, -0.2) is 0 Å². The van der Waals surface area contributed by atoms with Gasteiger partial charge in [0.25, 0.3) is 0 Å². The molecule has 1 aliphatic rings. The normalized spacial score (nSPS) is 21.1. The van der Waals surface area contributed by atoms with Gasteiger partial charge in [-0.2, -0.15) is 0 Å². The highest BCUT2D eigenvalue weighted by Gasteiger charge is 2.47. The van der Waals surface area contributed by atoms with Gasteiger partial charge in [-0.15, -0.1) is 0 Å². The van der Waals surface area contributed by atoms with Crippen molar-refractivity contribution in [3.63, 3.8) is 0 Å². The van der Waals surface area contributed by atoms with Crippen LogP contribution in [0, 0.1) is 11.3 Å². The standard InChI is InChI=1S/C13H24N2OS/c1-4-9(2)8-10(3)15-12(16)13(11(14)17)6-5-7-13/h9-10H,4-8H2,1-3H3,(H2,14,17)(H,15,16). The van der Waals surface area contributed by atoms with E-state index in [2.05, 4.69) is 26.1 Å². The molecule has 0 aliphatic heterocycles. The van der Waals surface area contributed by atoms with Crippen molar-refractivity contribution < 1.29 is 4.79 Å². The van der Waals surface area contributed by atoms with Crippen LogP contribution < -0.4 is 11.1 Å². The molecular weight excluding hydrogens is 232 g/mol. The summed E-state index contributed by atoms with van der Waals surface area (Å²) in [5, 5.41) is 3.06. The number of hydrogen-bond donors (Lipinski definition) is 2. The highest BCUT2D eigenvalue weighted by atomic mass is 32.1. The molecule has 0 radical (unpaired) electrons. The Morgan fingerprint density at radius 1 is 1.47 bits per heavy atom. The van der Waals surface area contributed by atoms with Crippen molar-refractivity contribution in [2.75, 3.05) is 0 Å². The Balaban J connectivity index is 2.51. The summed E-state index contributed by atoms with van der Waals surface area (Å²) in [6.07, 6.45) is 4.81. The van der Waals surface area contributed by atoms with E-state index in [1.165, 1.54) is 0 Å². The van der Waals surface area contributed by atoms with Crippen molar-refractivity contribution in [1.29, 1.82) is 0 Å². The lowest BCUT2D eigenvalue weighted by Crippen LogP contribution is -2.54. The third kappa shape index (κ3) is 3.18. The number of hydrogen-bond acceptors (Lipinski definition) is 2. The van der Waals surface area contributed by atoms with Crippen molar-refractivity contribution in [2.45, 2.75) is 58.9 Å². The summed E-state index contributed by atoms with van der Waals surface area (Å²) in [7, 11) is 0. The number of nitrogens with one attached hydrogen (secondary N) is 1. The molecule has 3 nitrogen and oxygen atoms in total. The predicted octanol–water partition coefficient (Wildman–Crippen LogP) is 2.38. The predicted molar refractivity (Wildman–Crippen MR) is 74.7 cm³/mol. The number of carbonyl (C=O) groups excluding carboxylic acids is 1. The summed E-state index contributed by atoms with van der Waals surface area (Å²) >= 11 is 5.04. The van der Waals surface area contributed by atoms with E-state index in [0.29, 0.717) is 10.9 Å². The zero-order valence-electron chi connectivity index (χ0n) is 11.1. The van der Waals surface area contributed by atoms with Gasteiger partial charge in [-0.3, -0.25) is 4.79 Å². The van der Waals surface area contributed by atoms with E-state index in [-0.39, 0.29) is 11.9 Å². The first-order chi connectivity index (χ1) is 7.92. The number of nitrogens with two attached hydrogens (primary N) is 1. The summed E-state index contributed by atoms with van der Waals surface area (Å²) in [5.41, 5.74) is 5.16. The van der Waals surface area contributed by atoms with E-state index < -0.39 is 5.41 Å². The van der Waals surface area contributed by atoms with Crippen molar-refractivity contribution in [3.8, 4) is 0 Å². The van der Waals surface area contributed by atoms with Crippen LogP contribution in [0.1, 0.15) is 52.9 Å². The molecule has 0 aromatic carbocycles. The molecule has 3 N–H and O–H groups in total. The van der Waals surface area contributed by atoms with E-state index >= 15 is 0 Å². The van der Waals surface area contributed by atoms with Crippen LogP contribution in [0.3, 0.4) is 0 Å². The molecule has 0 aromatic heterocycles. The first-order valence-corrected chi connectivity index (χ1v) is 6.94.